The number of nitrogens with one attached hydrogen (secondary N) is 1. The Morgan fingerprint density at radius 1 is 1.14 bits per heavy atom. The number of benzene rings is 1. The van der Waals surface area contributed by atoms with Crippen molar-refractivity contribution < 1.29 is 9.53 Å². The molecule has 1 aromatic rings. The summed E-state index contributed by atoms with van der Waals surface area (Å²) in [6.45, 7) is 0.924. The van der Waals surface area contributed by atoms with Gasteiger partial charge >= 0.3 is 0 Å². The van der Waals surface area contributed by atoms with Crippen molar-refractivity contribution in [1.82, 2.24) is 5.32 Å². The zero-order valence-electron chi connectivity index (χ0n) is 13.0. The van der Waals surface area contributed by atoms with Gasteiger partial charge in [-0.25, -0.2) is 0 Å². The van der Waals surface area contributed by atoms with E-state index >= 15 is 0 Å². The Balaban J connectivity index is 1.56. The van der Waals surface area contributed by atoms with Gasteiger partial charge in [-0.05, 0) is 73.0 Å². The van der Waals surface area contributed by atoms with E-state index in [0.717, 1.165) is 24.1 Å². The van der Waals surface area contributed by atoms with E-state index < -0.39 is 0 Å². The van der Waals surface area contributed by atoms with Crippen molar-refractivity contribution in [2.75, 3.05) is 13.7 Å². The third-order valence-corrected chi connectivity index (χ3v) is 7.22. The monoisotopic (exact) mass is 297 g/mol. The highest BCUT2D eigenvalue weighted by atomic mass is 16.5. The van der Waals surface area contributed by atoms with Crippen molar-refractivity contribution in [3.63, 3.8) is 0 Å². The first-order valence-corrected chi connectivity index (χ1v) is 8.64. The second-order valence-corrected chi connectivity index (χ2v) is 7.89. The van der Waals surface area contributed by atoms with Crippen molar-refractivity contribution in [3.05, 3.63) is 29.8 Å². The van der Waals surface area contributed by atoms with Crippen LogP contribution in [0, 0.1) is 29.1 Å². The van der Waals surface area contributed by atoms with E-state index in [1.54, 1.807) is 7.11 Å². The first-order chi connectivity index (χ1) is 10.7. The molecule has 4 aliphatic carbocycles. The minimum atomic E-state index is -0.0297. The number of hydrogen-bond acceptors (Lipinski definition) is 2. The number of methoxy groups -OCH3 is 1. The zero-order valence-corrected chi connectivity index (χ0v) is 13.0. The number of carbonyl (C=O) groups excluding carboxylic acids is 1. The zero-order chi connectivity index (χ0) is 14.9. The predicted molar refractivity (Wildman–Crippen MR) is 83.6 cm³/mol. The lowest BCUT2D eigenvalue weighted by atomic mass is 9.39. The van der Waals surface area contributed by atoms with E-state index in [1.165, 1.54) is 31.2 Å². The van der Waals surface area contributed by atoms with Gasteiger partial charge in [-0.2, -0.15) is 0 Å². The number of ether oxygens (including phenoxy) is 1. The summed E-state index contributed by atoms with van der Waals surface area (Å²) in [6.07, 6.45) is 5.20. The number of β-lactam (4-membered cyclic amide) rings is 1. The SMILES string of the molecule is COc1ccc(C2C3CC4CC(C3)C3(CNC3=O)C2C4)cc1. The second kappa shape index (κ2) is 4.27. The Kier molecular flexibility index (Phi) is 2.52. The molecule has 6 rings (SSSR count). The van der Waals surface area contributed by atoms with E-state index in [-0.39, 0.29) is 5.41 Å². The number of hydrogen-bond donors (Lipinski definition) is 1. The molecule has 3 heteroatoms. The van der Waals surface area contributed by atoms with E-state index in [2.05, 4.69) is 29.6 Å². The molecular formula is C19H23NO2. The molecule has 1 N–H and O–H groups in total. The summed E-state index contributed by atoms with van der Waals surface area (Å²) in [6, 6.07) is 8.62. The summed E-state index contributed by atoms with van der Waals surface area (Å²) in [7, 11) is 1.71. The van der Waals surface area contributed by atoms with Gasteiger partial charge < -0.3 is 10.1 Å². The van der Waals surface area contributed by atoms with Gasteiger partial charge in [0.25, 0.3) is 0 Å². The first kappa shape index (κ1) is 13.0. The van der Waals surface area contributed by atoms with Gasteiger partial charge in [-0.15, -0.1) is 0 Å². The second-order valence-electron chi connectivity index (χ2n) is 7.89. The maximum atomic E-state index is 12.5. The maximum Gasteiger partial charge on any atom is 0.228 e. The molecule has 6 atom stereocenters. The number of carbonyl (C=O) groups is 1. The molecule has 0 radical (unpaired) electrons. The van der Waals surface area contributed by atoms with Crippen LogP contribution in [0.25, 0.3) is 0 Å². The molecule has 4 bridgehead atoms. The molecule has 1 aliphatic heterocycles. The maximum absolute atomic E-state index is 12.5. The Labute approximate surface area is 131 Å². The fraction of sp³-hybridized carbons (Fsp3) is 0.632. The van der Waals surface area contributed by atoms with E-state index in [1.807, 2.05) is 0 Å². The summed E-state index contributed by atoms with van der Waals surface area (Å²) in [5, 5.41) is 3.06. The Bertz CT molecular complexity index is 625. The Morgan fingerprint density at radius 3 is 2.59 bits per heavy atom. The van der Waals surface area contributed by atoms with Gasteiger partial charge in [0.05, 0.1) is 12.5 Å². The normalized spacial score (nSPS) is 44.8. The van der Waals surface area contributed by atoms with Crippen LogP contribution in [0.2, 0.25) is 0 Å². The van der Waals surface area contributed by atoms with Crippen LogP contribution in [0.3, 0.4) is 0 Å². The van der Waals surface area contributed by atoms with Gasteiger partial charge in [-0.3, -0.25) is 4.79 Å². The van der Waals surface area contributed by atoms with E-state index in [0.29, 0.717) is 23.7 Å². The lowest BCUT2D eigenvalue weighted by Gasteiger charge is -2.66. The van der Waals surface area contributed by atoms with Crippen molar-refractivity contribution in [3.8, 4) is 5.75 Å². The van der Waals surface area contributed by atoms with Crippen LogP contribution < -0.4 is 10.1 Å². The van der Waals surface area contributed by atoms with E-state index in [9.17, 15) is 4.79 Å². The van der Waals surface area contributed by atoms with Crippen LogP contribution in [0.15, 0.2) is 24.3 Å². The molecule has 1 aromatic carbocycles. The Hall–Kier alpha value is -1.51. The molecule has 5 aliphatic rings. The van der Waals surface area contributed by atoms with Gasteiger partial charge in [0.1, 0.15) is 5.75 Å². The standard InChI is InChI=1S/C19H23NO2/c1-22-15-4-2-12(3-5-15)17-13-6-11-7-14(9-13)19(16(17)8-11)10-20-18(19)21/h2-5,11,13-14,16-17H,6-10H2,1H3,(H,20,21). The fourth-order valence-corrected chi connectivity index (χ4v) is 6.38. The average molecular weight is 297 g/mol. The summed E-state index contributed by atoms with van der Waals surface area (Å²) in [5.41, 5.74) is 1.39. The van der Waals surface area contributed by atoms with Gasteiger partial charge in [0.2, 0.25) is 5.91 Å². The molecule has 1 spiro atoms. The molecule has 4 saturated carbocycles. The molecule has 116 valence electrons. The van der Waals surface area contributed by atoms with Gasteiger partial charge in [0, 0.05) is 6.54 Å². The Morgan fingerprint density at radius 2 is 1.95 bits per heavy atom. The summed E-state index contributed by atoms with van der Waals surface area (Å²) < 4.78 is 5.30. The third-order valence-electron chi connectivity index (χ3n) is 7.22. The molecule has 22 heavy (non-hydrogen) atoms. The molecule has 1 amide bonds. The lowest BCUT2D eigenvalue weighted by molar-refractivity contribution is -0.180. The smallest absolute Gasteiger partial charge is 0.228 e. The molecule has 1 saturated heterocycles. The first-order valence-electron chi connectivity index (χ1n) is 8.64. The number of rotatable bonds is 2. The van der Waals surface area contributed by atoms with Gasteiger partial charge in [0.15, 0.2) is 0 Å². The third kappa shape index (κ3) is 1.45. The van der Waals surface area contributed by atoms with Crippen LogP contribution in [0.5, 0.6) is 5.75 Å². The molecular weight excluding hydrogens is 274 g/mol. The van der Waals surface area contributed by atoms with Crippen LogP contribution in [-0.4, -0.2) is 19.6 Å². The quantitative estimate of drug-likeness (QED) is 0.852. The molecule has 1 heterocycles. The van der Waals surface area contributed by atoms with Crippen LogP contribution >= 0.6 is 0 Å². The average Bonchev–Trinajstić information content (AvgIpc) is 2.53. The van der Waals surface area contributed by atoms with Crippen molar-refractivity contribution in [1.29, 1.82) is 0 Å². The molecule has 3 nitrogen and oxygen atoms in total. The summed E-state index contributed by atoms with van der Waals surface area (Å²) in [5.74, 6) is 4.72. The van der Waals surface area contributed by atoms with Crippen LogP contribution in [0.1, 0.15) is 37.2 Å². The fourth-order valence-electron chi connectivity index (χ4n) is 6.38. The van der Waals surface area contributed by atoms with Gasteiger partial charge in [-0.1, -0.05) is 12.1 Å². The van der Waals surface area contributed by atoms with Crippen LogP contribution in [-0.2, 0) is 4.79 Å². The van der Waals surface area contributed by atoms with Crippen molar-refractivity contribution in [2.24, 2.45) is 29.1 Å². The highest BCUT2D eigenvalue weighted by Gasteiger charge is 2.67. The predicted octanol–water partition coefficient (Wildman–Crippen LogP) is 2.96. The lowest BCUT2D eigenvalue weighted by Crippen LogP contribution is -2.72. The molecule has 6 unspecified atom stereocenters. The molecule has 0 aromatic heterocycles. The highest BCUT2D eigenvalue weighted by molar-refractivity contribution is 5.90. The highest BCUT2D eigenvalue weighted by Crippen LogP contribution is 2.68. The minimum Gasteiger partial charge on any atom is -0.497 e. The number of amides is 1. The minimum absolute atomic E-state index is 0.0297. The summed E-state index contributed by atoms with van der Waals surface area (Å²) in [4.78, 5) is 12.5. The van der Waals surface area contributed by atoms with Crippen molar-refractivity contribution >= 4 is 5.91 Å². The van der Waals surface area contributed by atoms with Crippen LogP contribution in [0.4, 0.5) is 0 Å². The topological polar surface area (TPSA) is 38.3 Å². The largest absolute Gasteiger partial charge is 0.497 e. The molecule has 5 fully saturated rings. The van der Waals surface area contributed by atoms with E-state index in [4.69, 9.17) is 4.74 Å². The summed E-state index contributed by atoms with van der Waals surface area (Å²) >= 11 is 0. The van der Waals surface area contributed by atoms with Crippen molar-refractivity contribution in [2.45, 2.75) is 31.6 Å².